The smallest absolute Gasteiger partial charge is 0.0476 e. The number of thioether (sulfide) groups is 1. The standard InChI is InChI=1S/C14H20ClNOS/c1-2-16-10-11-3-4-13(9-14(11)15)18-12-5-7-17-8-6-12/h3-4,9,12,16H,2,5-8,10H2,1H3. The second kappa shape index (κ2) is 7.39. The van der Waals surface area contributed by atoms with E-state index in [9.17, 15) is 0 Å². The summed E-state index contributed by atoms with van der Waals surface area (Å²) in [6, 6.07) is 6.40. The lowest BCUT2D eigenvalue weighted by Crippen LogP contribution is -2.17. The zero-order valence-electron chi connectivity index (χ0n) is 10.7. The van der Waals surface area contributed by atoms with E-state index in [-0.39, 0.29) is 0 Å². The molecule has 1 heterocycles. The van der Waals surface area contributed by atoms with Crippen LogP contribution >= 0.6 is 23.4 Å². The van der Waals surface area contributed by atoms with Crippen molar-refractivity contribution in [2.75, 3.05) is 19.8 Å². The molecule has 2 rings (SSSR count). The van der Waals surface area contributed by atoms with E-state index in [1.54, 1.807) is 0 Å². The second-order valence-corrected chi connectivity index (χ2v) is 6.24. The summed E-state index contributed by atoms with van der Waals surface area (Å²) in [6.07, 6.45) is 2.28. The number of nitrogens with one attached hydrogen (secondary N) is 1. The van der Waals surface area contributed by atoms with Gasteiger partial charge in [0.05, 0.1) is 0 Å². The minimum atomic E-state index is 0.675. The molecular weight excluding hydrogens is 266 g/mol. The summed E-state index contributed by atoms with van der Waals surface area (Å²) in [7, 11) is 0. The van der Waals surface area contributed by atoms with Crippen LogP contribution < -0.4 is 5.32 Å². The fraction of sp³-hybridized carbons (Fsp3) is 0.571. The molecule has 0 aromatic heterocycles. The molecule has 1 aliphatic heterocycles. The molecule has 1 aromatic carbocycles. The second-order valence-electron chi connectivity index (χ2n) is 4.46. The fourth-order valence-corrected chi connectivity index (χ4v) is 3.45. The highest BCUT2D eigenvalue weighted by Crippen LogP contribution is 2.32. The molecule has 0 spiro atoms. The third-order valence-electron chi connectivity index (χ3n) is 3.06. The Kier molecular flexibility index (Phi) is 5.83. The maximum Gasteiger partial charge on any atom is 0.0476 e. The molecule has 1 saturated heterocycles. The molecule has 1 fully saturated rings. The molecule has 1 N–H and O–H groups in total. The van der Waals surface area contributed by atoms with Gasteiger partial charge in [-0.15, -0.1) is 11.8 Å². The molecule has 0 bridgehead atoms. The van der Waals surface area contributed by atoms with E-state index >= 15 is 0 Å². The maximum atomic E-state index is 6.30. The first-order valence-corrected chi connectivity index (χ1v) is 7.79. The lowest BCUT2D eigenvalue weighted by molar-refractivity contribution is 0.100. The Hall–Kier alpha value is -0.220. The van der Waals surface area contributed by atoms with E-state index in [1.807, 2.05) is 11.8 Å². The van der Waals surface area contributed by atoms with Crippen LogP contribution in [-0.2, 0) is 11.3 Å². The van der Waals surface area contributed by atoms with Crippen LogP contribution in [0, 0.1) is 0 Å². The predicted octanol–water partition coefficient (Wildman–Crippen LogP) is 3.72. The molecule has 0 saturated carbocycles. The highest BCUT2D eigenvalue weighted by molar-refractivity contribution is 8.00. The van der Waals surface area contributed by atoms with Gasteiger partial charge < -0.3 is 10.1 Å². The molecule has 1 aromatic rings. The van der Waals surface area contributed by atoms with Crippen LogP contribution in [0.2, 0.25) is 5.02 Å². The van der Waals surface area contributed by atoms with E-state index in [0.717, 1.165) is 44.2 Å². The van der Waals surface area contributed by atoms with Crippen LogP contribution in [0.3, 0.4) is 0 Å². The highest BCUT2D eigenvalue weighted by atomic mass is 35.5. The van der Waals surface area contributed by atoms with Gasteiger partial charge in [-0.1, -0.05) is 24.6 Å². The van der Waals surface area contributed by atoms with Gasteiger partial charge in [0.15, 0.2) is 0 Å². The van der Waals surface area contributed by atoms with Crippen LogP contribution in [0.15, 0.2) is 23.1 Å². The number of ether oxygens (including phenoxy) is 1. The van der Waals surface area contributed by atoms with Crippen LogP contribution in [-0.4, -0.2) is 25.0 Å². The van der Waals surface area contributed by atoms with E-state index in [1.165, 1.54) is 10.5 Å². The molecular formula is C14H20ClNOS. The van der Waals surface area contributed by atoms with Crippen LogP contribution in [0.5, 0.6) is 0 Å². The van der Waals surface area contributed by atoms with Crippen molar-refractivity contribution in [3.8, 4) is 0 Å². The number of halogens is 1. The maximum absolute atomic E-state index is 6.30. The van der Waals surface area contributed by atoms with Crippen molar-refractivity contribution >= 4 is 23.4 Å². The van der Waals surface area contributed by atoms with Crippen molar-refractivity contribution in [2.45, 2.75) is 36.5 Å². The first kappa shape index (κ1) is 14.2. The quantitative estimate of drug-likeness (QED) is 0.891. The van der Waals surface area contributed by atoms with Crippen molar-refractivity contribution in [1.29, 1.82) is 0 Å². The van der Waals surface area contributed by atoms with Gasteiger partial charge in [0.25, 0.3) is 0 Å². The summed E-state index contributed by atoms with van der Waals surface area (Å²) in [4.78, 5) is 1.27. The molecule has 0 amide bonds. The minimum Gasteiger partial charge on any atom is -0.381 e. The summed E-state index contributed by atoms with van der Waals surface area (Å²) in [5.74, 6) is 0. The Labute approximate surface area is 118 Å². The SMILES string of the molecule is CCNCc1ccc(SC2CCOCC2)cc1Cl. The predicted molar refractivity (Wildman–Crippen MR) is 78.5 cm³/mol. The Morgan fingerprint density at radius 3 is 2.83 bits per heavy atom. The van der Waals surface area contributed by atoms with Crippen LogP contribution in [0.1, 0.15) is 25.3 Å². The molecule has 0 atom stereocenters. The molecule has 0 radical (unpaired) electrons. The largest absolute Gasteiger partial charge is 0.381 e. The highest BCUT2D eigenvalue weighted by Gasteiger charge is 2.15. The molecule has 0 aliphatic carbocycles. The minimum absolute atomic E-state index is 0.675. The number of hydrogen-bond acceptors (Lipinski definition) is 3. The summed E-state index contributed by atoms with van der Waals surface area (Å²) < 4.78 is 5.38. The lowest BCUT2D eigenvalue weighted by Gasteiger charge is -2.21. The lowest BCUT2D eigenvalue weighted by atomic mass is 10.2. The van der Waals surface area contributed by atoms with E-state index in [2.05, 4.69) is 30.4 Å². The van der Waals surface area contributed by atoms with E-state index in [0.29, 0.717) is 5.25 Å². The Morgan fingerprint density at radius 1 is 1.39 bits per heavy atom. The van der Waals surface area contributed by atoms with Gasteiger partial charge in [-0.2, -0.15) is 0 Å². The average Bonchev–Trinajstić information content (AvgIpc) is 2.39. The van der Waals surface area contributed by atoms with Gasteiger partial charge in [-0.3, -0.25) is 0 Å². The Morgan fingerprint density at radius 2 is 2.17 bits per heavy atom. The zero-order chi connectivity index (χ0) is 12.8. The molecule has 18 heavy (non-hydrogen) atoms. The van der Waals surface area contributed by atoms with Crippen molar-refractivity contribution in [1.82, 2.24) is 5.32 Å². The molecule has 1 aliphatic rings. The first-order chi connectivity index (χ1) is 8.79. The van der Waals surface area contributed by atoms with Crippen molar-refractivity contribution in [3.05, 3.63) is 28.8 Å². The number of benzene rings is 1. The Balaban J connectivity index is 1.94. The van der Waals surface area contributed by atoms with E-state index in [4.69, 9.17) is 16.3 Å². The topological polar surface area (TPSA) is 21.3 Å². The molecule has 4 heteroatoms. The van der Waals surface area contributed by atoms with Gasteiger partial charge in [0.2, 0.25) is 0 Å². The molecule has 100 valence electrons. The molecule has 2 nitrogen and oxygen atoms in total. The van der Waals surface area contributed by atoms with E-state index < -0.39 is 0 Å². The first-order valence-electron chi connectivity index (χ1n) is 6.53. The summed E-state index contributed by atoms with van der Waals surface area (Å²) in [5, 5.41) is 4.84. The summed E-state index contributed by atoms with van der Waals surface area (Å²) in [6.45, 7) is 5.70. The van der Waals surface area contributed by atoms with Gasteiger partial charge in [-0.05, 0) is 37.1 Å². The summed E-state index contributed by atoms with van der Waals surface area (Å²) >= 11 is 8.23. The van der Waals surface area contributed by atoms with Crippen LogP contribution in [0.25, 0.3) is 0 Å². The van der Waals surface area contributed by atoms with Crippen molar-refractivity contribution in [3.63, 3.8) is 0 Å². The third kappa shape index (κ3) is 4.16. The number of rotatable bonds is 5. The fourth-order valence-electron chi connectivity index (χ4n) is 1.99. The van der Waals surface area contributed by atoms with Crippen molar-refractivity contribution in [2.24, 2.45) is 0 Å². The zero-order valence-corrected chi connectivity index (χ0v) is 12.3. The van der Waals surface area contributed by atoms with Gasteiger partial charge in [0.1, 0.15) is 0 Å². The normalized spacial score (nSPS) is 17.0. The summed E-state index contributed by atoms with van der Waals surface area (Å²) in [5.41, 5.74) is 1.18. The molecule has 0 unspecified atom stereocenters. The van der Waals surface area contributed by atoms with Crippen molar-refractivity contribution < 1.29 is 4.74 Å². The number of hydrogen-bond donors (Lipinski definition) is 1. The van der Waals surface area contributed by atoms with Gasteiger partial charge >= 0.3 is 0 Å². The van der Waals surface area contributed by atoms with Gasteiger partial charge in [0, 0.05) is 34.9 Å². The average molecular weight is 286 g/mol. The van der Waals surface area contributed by atoms with Gasteiger partial charge in [-0.25, -0.2) is 0 Å². The van der Waals surface area contributed by atoms with Crippen LogP contribution in [0.4, 0.5) is 0 Å². The monoisotopic (exact) mass is 285 g/mol. The Bertz CT molecular complexity index is 380. The third-order valence-corrected chi connectivity index (χ3v) is 4.74.